The Morgan fingerprint density at radius 3 is 2.67 bits per heavy atom. The lowest BCUT2D eigenvalue weighted by molar-refractivity contribution is 0.0520. The minimum Gasteiger partial charge on any atom is -0.491 e. The predicted octanol–water partition coefficient (Wildman–Crippen LogP) is 3.01. The van der Waals surface area contributed by atoms with E-state index in [4.69, 9.17) is 14.2 Å². The molecule has 0 radical (unpaired) electrons. The van der Waals surface area contributed by atoms with Crippen LogP contribution in [0.15, 0.2) is 29.6 Å². The third-order valence-electron chi connectivity index (χ3n) is 2.65. The van der Waals surface area contributed by atoms with E-state index in [1.54, 1.807) is 19.4 Å². The van der Waals surface area contributed by atoms with Crippen molar-refractivity contribution >= 4 is 17.3 Å². The Morgan fingerprint density at radius 2 is 2.00 bits per heavy atom. The molecular weight excluding hydrogens is 290 g/mol. The second kappa shape index (κ2) is 7.75. The number of rotatable bonds is 7. The van der Waals surface area contributed by atoms with Gasteiger partial charge in [-0.3, -0.25) is 0 Å². The molecule has 0 atom stereocenters. The third kappa shape index (κ3) is 4.27. The minimum atomic E-state index is -0.389. The maximum absolute atomic E-state index is 11.6. The highest BCUT2D eigenvalue weighted by Gasteiger charge is 2.12. The van der Waals surface area contributed by atoms with Gasteiger partial charge in [0.25, 0.3) is 0 Å². The Hall–Kier alpha value is -1.92. The zero-order valence-electron chi connectivity index (χ0n) is 12.0. The molecule has 0 spiro atoms. The fourth-order valence-electron chi connectivity index (χ4n) is 1.64. The van der Waals surface area contributed by atoms with Crippen LogP contribution in [0.5, 0.6) is 5.75 Å². The predicted molar refractivity (Wildman–Crippen MR) is 80.9 cm³/mol. The lowest BCUT2D eigenvalue weighted by Crippen LogP contribution is -2.04. The average Bonchev–Trinajstić information content (AvgIpc) is 2.98. The largest absolute Gasteiger partial charge is 0.491 e. The lowest BCUT2D eigenvalue weighted by atomic mass is 10.2. The summed E-state index contributed by atoms with van der Waals surface area (Å²) in [7, 11) is 1.63. The fourth-order valence-corrected chi connectivity index (χ4v) is 2.44. The van der Waals surface area contributed by atoms with E-state index in [2.05, 4.69) is 4.98 Å². The third-order valence-corrected chi connectivity index (χ3v) is 3.54. The number of hydrogen-bond donors (Lipinski definition) is 0. The van der Waals surface area contributed by atoms with E-state index in [9.17, 15) is 4.79 Å². The van der Waals surface area contributed by atoms with Gasteiger partial charge in [-0.1, -0.05) is 0 Å². The molecule has 2 rings (SSSR count). The first-order valence-corrected chi connectivity index (χ1v) is 7.47. The van der Waals surface area contributed by atoms with E-state index in [0.717, 1.165) is 16.3 Å². The molecule has 112 valence electrons. The molecule has 0 fully saturated rings. The zero-order chi connectivity index (χ0) is 15.1. The molecule has 1 aromatic heterocycles. The van der Waals surface area contributed by atoms with Crippen LogP contribution in [0, 0.1) is 0 Å². The molecule has 0 unspecified atom stereocenters. The highest BCUT2D eigenvalue weighted by atomic mass is 32.1. The van der Waals surface area contributed by atoms with Gasteiger partial charge in [-0.25, -0.2) is 9.78 Å². The summed E-state index contributed by atoms with van der Waals surface area (Å²) in [4.78, 5) is 15.9. The van der Waals surface area contributed by atoms with Crippen molar-refractivity contribution in [1.82, 2.24) is 4.98 Å². The van der Waals surface area contributed by atoms with Crippen molar-refractivity contribution in [3.8, 4) is 16.3 Å². The molecule has 1 heterocycles. The summed E-state index contributed by atoms with van der Waals surface area (Å²) in [5.74, 6) is 0.387. The van der Waals surface area contributed by atoms with Crippen LogP contribution in [0.3, 0.4) is 0 Å². The highest BCUT2D eigenvalue weighted by molar-refractivity contribution is 7.13. The second-order valence-corrected chi connectivity index (χ2v) is 4.98. The van der Waals surface area contributed by atoms with Crippen LogP contribution in [0.25, 0.3) is 10.6 Å². The molecule has 0 N–H and O–H groups in total. The SMILES string of the molecule is CCOC(=O)c1csc(-c2ccc(OCCOC)cc2)n1. The van der Waals surface area contributed by atoms with Gasteiger partial charge in [0.05, 0.1) is 13.2 Å². The van der Waals surface area contributed by atoms with Crippen LogP contribution in [0.4, 0.5) is 0 Å². The van der Waals surface area contributed by atoms with E-state index < -0.39 is 0 Å². The number of thiazole rings is 1. The summed E-state index contributed by atoms with van der Waals surface area (Å²) in [6, 6.07) is 7.57. The van der Waals surface area contributed by atoms with Crippen molar-refractivity contribution < 1.29 is 19.0 Å². The molecule has 0 aliphatic rings. The normalized spacial score (nSPS) is 10.4. The number of hydrogen-bond acceptors (Lipinski definition) is 6. The van der Waals surface area contributed by atoms with Gasteiger partial charge in [-0.05, 0) is 31.2 Å². The number of esters is 1. The summed E-state index contributed by atoms with van der Waals surface area (Å²) >= 11 is 1.41. The number of carbonyl (C=O) groups excluding carboxylic acids is 1. The maximum atomic E-state index is 11.6. The first-order valence-electron chi connectivity index (χ1n) is 6.59. The summed E-state index contributed by atoms with van der Waals surface area (Å²) in [5.41, 5.74) is 1.28. The Bertz CT molecular complexity index is 580. The fraction of sp³-hybridized carbons (Fsp3) is 0.333. The Kier molecular flexibility index (Phi) is 5.71. The molecule has 5 nitrogen and oxygen atoms in total. The summed E-state index contributed by atoms with van der Waals surface area (Å²) < 4.78 is 15.3. The summed E-state index contributed by atoms with van der Waals surface area (Å²) in [6.07, 6.45) is 0. The van der Waals surface area contributed by atoms with Crippen LogP contribution in [-0.4, -0.2) is 37.9 Å². The number of ether oxygens (including phenoxy) is 3. The van der Waals surface area contributed by atoms with Gasteiger partial charge in [-0.15, -0.1) is 11.3 Å². The highest BCUT2D eigenvalue weighted by Crippen LogP contribution is 2.26. The van der Waals surface area contributed by atoms with E-state index >= 15 is 0 Å². The van der Waals surface area contributed by atoms with Crippen molar-refractivity contribution in [2.75, 3.05) is 26.9 Å². The van der Waals surface area contributed by atoms with Gasteiger partial charge < -0.3 is 14.2 Å². The standard InChI is InChI=1S/C15H17NO4S/c1-3-19-15(17)13-10-21-14(16-13)11-4-6-12(7-5-11)20-9-8-18-2/h4-7,10H,3,8-9H2,1-2H3. The molecule has 0 saturated carbocycles. The van der Waals surface area contributed by atoms with Crippen molar-refractivity contribution in [3.05, 3.63) is 35.3 Å². The van der Waals surface area contributed by atoms with E-state index in [0.29, 0.717) is 25.5 Å². The molecule has 0 aliphatic heterocycles. The summed E-state index contributed by atoms with van der Waals surface area (Å²) in [5, 5.41) is 2.48. The molecule has 0 amide bonds. The lowest BCUT2D eigenvalue weighted by Gasteiger charge is -2.05. The molecular formula is C15H17NO4S. The molecule has 21 heavy (non-hydrogen) atoms. The molecule has 1 aromatic carbocycles. The van der Waals surface area contributed by atoms with Crippen molar-refractivity contribution in [2.24, 2.45) is 0 Å². The zero-order valence-corrected chi connectivity index (χ0v) is 12.8. The average molecular weight is 307 g/mol. The first-order chi connectivity index (χ1) is 10.2. The minimum absolute atomic E-state index is 0.345. The molecule has 0 aliphatic carbocycles. The van der Waals surface area contributed by atoms with Crippen LogP contribution < -0.4 is 4.74 Å². The maximum Gasteiger partial charge on any atom is 0.357 e. The van der Waals surface area contributed by atoms with Gasteiger partial charge in [0, 0.05) is 18.1 Å². The molecule has 0 bridgehead atoms. The van der Waals surface area contributed by atoms with Gasteiger partial charge in [0.1, 0.15) is 17.4 Å². The van der Waals surface area contributed by atoms with Gasteiger partial charge in [-0.2, -0.15) is 0 Å². The van der Waals surface area contributed by atoms with Crippen molar-refractivity contribution in [3.63, 3.8) is 0 Å². The van der Waals surface area contributed by atoms with Crippen LogP contribution >= 0.6 is 11.3 Å². The smallest absolute Gasteiger partial charge is 0.357 e. The van der Waals surface area contributed by atoms with Gasteiger partial charge in [0.2, 0.25) is 0 Å². The van der Waals surface area contributed by atoms with Crippen molar-refractivity contribution in [1.29, 1.82) is 0 Å². The van der Waals surface area contributed by atoms with Crippen LogP contribution in [-0.2, 0) is 9.47 Å². The Balaban J connectivity index is 2.03. The van der Waals surface area contributed by atoms with Gasteiger partial charge in [0.15, 0.2) is 5.69 Å². The quantitative estimate of drug-likeness (QED) is 0.581. The Morgan fingerprint density at radius 1 is 1.24 bits per heavy atom. The first kappa shape index (κ1) is 15.5. The number of carbonyl (C=O) groups is 1. The second-order valence-electron chi connectivity index (χ2n) is 4.12. The summed E-state index contributed by atoms with van der Waals surface area (Å²) in [6.45, 7) is 3.18. The van der Waals surface area contributed by atoms with Crippen molar-refractivity contribution in [2.45, 2.75) is 6.92 Å². The van der Waals surface area contributed by atoms with E-state index in [-0.39, 0.29) is 5.97 Å². The molecule has 2 aromatic rings. The topological polar surface area (TPSA) is 57.7 Å². The number of aromatic nitrogens is 1. The number of benzene rings is 1. The van der Waals surface area contributed by atoms with Crippen LogP contribution in [0.2, 0.25) is 0 Å². The number of nitrogens with zero attached hydrogens (tertiary/aromatic N) is 1. The van der Waals surface area contributed by atoms with E-state index in [1.807, 2.05) is 24.3 Å². The van der Waals surface area contributed by atoms with Crippen LogP contribution in [0.1, 0.15) is 17.4 Å². The molecule has 0 saturated heterocycles. The van der Waals surface area contributed by atoms with Gasteiger partial charge >= 0.3 is 5.97 Å². The monoisotopic (exact) mass is 307 g/mol. The Labute approximate surface area is 127 Å². The van der Waals surface area contributed by atoms with E-state index in [1.165, 1.54) is 11.3 Å². The number of methoxy groups -OCH3 is 1. The molecule has 6 heteroatoms.